The molecule has 1 aliphatic carbocycles. The van der Waals surface area contributed by atoms with Crippen molar-refractivity contribution < 1.29 is 9.53 Å². The van der Waals surface area contributed by atoms with Gasteiger partial charge in [-0.2, -0.15) is 0 Å². The van der Waals surface area contributed by atoms with E-state index in [-0.39, 0.29) is 11.9 Å². The molecule has 1 fully saturated rings. The molecule has 6 nitrogen and oxygen atoms in total. The van der Waals surface area contributed by atoms with Crippen LogP contribution in [0.25, 0.3) is 0 Å². The Labute approximate surface area is 141 Å². The van der Waals surface area contributed by atoms with Crippen LogP contribution in [-0.2, 0) is 0 Å². The topological polar surface area (TPSA) is 76.1 Å². The zero-order chi connectivity index (χ0) is 16.8. The summed E-state index contributed by atoms with van der Waals surface area (Å²) in [6.07, 6.45) is 8.83. The van der Waals surface area contributed by atoms with E-state index < -0.39 is 0 Å². The van der Waals surface area contributed by atoms with Gasteiger partial charge in [0.2, 0.25) is 5.95 Å². The second-order valence-corrected chi connectivity index (χ2v) is 5.93. The third-order valence-corrected chi connectivity index (χ3v) is 4.21. The molecule has 3 rings (SSSR count). The predicted molar refractivity (Wildman–Crippen MR) is 92.6 cm³/mol. The number of carbonyl (C=O) groups excluding carboxylic acids is 1. The number of aromatic nitrogens is 2. The highest BCUT2D eigenvalue weighted by atomic mass is 16.5. The maximum absolute atomic E-state index is 12.3. The van der Waals surface area contributed by atoms with E-state index in [4.69, 9.17) is 4.74 Å². The van der Waals surface area contributed by atoms with E-state index in [9.17, 15) is 4.79 Å². The molecule has 1 aliphatic rings. The molecule has 0 atom stereocenters. The van der Waals surface area contributed by atoms with Crippen LogP contribution in [0.5, 0.6) is 5.75 Å². The lowest BCUT2D eigenvalue weighted by Gasteiger charge is -2.22. The summed E-state index contributed by atoms with van der Waals surface area (Å²) in [4.78, 5) is 20.7. The van der Waals surface area contributed by atoms with E-state index in [1.807, 2.05) is 24.3 Å². The fourth-order valence-electron chi connectivity index (χ4n) is 2.89. The van der Waals surface area contributed by atoms with Crippen molar-refractivity contribution in [3.8, 4) is 5.75 Å². The lowest BCUT2D eigenvalue weighted by molar-refractivity contribution is 0.0927. The number of benzene rings is 1. The standard InChI is InChI=1S/C18H22N4O2/c1-24-16-10-6-5-9-15(16)22-18-19-11-13(12-20-18)17(23)21-14-7-3-2-4-8-14/h5-6,9-12,14H,2-4,7-8H2,1H3,(H,21,23)(H,19,20,22). The molecule has 126 valence electrons. The monoisotopic (exact) mass is 326 g/mol. The number of rotatable bonds is 5. The van der Waals surface area contributed by atoms with Crippen LogP contribution in [0.2, 0.25) is 0 Å². The van der Waals surface area contributed by atoms with E-state index in [0.29, 0.717) is 17.3 Å². The van der Waals surface area contributed by atoms with Gasteiger partial charge < -0.3 is 15.4 Å². The fourth-order valence-corrected chi connectivity index (χ4v) is 2.89. The van der Waals surface area contributed by atoms with Gasteiger partial charge in [0, 0.05) is 18.4 Å². The average Bonchev–Trinajstić information content (AvgIpc) is 2.63. The van der Waals surface area contributed by atoms with Gasteiger partial charge in [0.1, 0.15) is 5.75 Å². The molecule has 1 heterocycles. The van der Waals surface area contributed by atoms with Gasteiger partial charge in [0.05, 0.1) is 18.4 Å². The van der Waals surface area contributed by atoms with Crippen LogP contribution < -0.4 is 15.4 Å². The summed E-state index contributed by atoms with van der Waals surface area (Å²) in [5.41, 5.74) is 1.26. The maximum Gasteiger partial charge on any atom is 0.254 e. The van der Waals surface area contributed by atoms with E-state index in [1.54, 1.807) is 19.5 Å². The van der Waals surface area contributed by atoms with Crippen molar-refractivity contribution in [1.29, 1.82) is 0 Å². The number of amides is 1. The molecule has 1 amide bonds. The van der Waals surface area contributed by atoms with Crippen molar-refractivity contribution in [1.82, 2.24) is 15.3 Å². The predicted octanol–water partition coefficient (Wildman–Crippen LogP) is 3.29. The number of methoxy groups -OCH3 is 1. The highest BCUT2D eigenvalue weighted by molar-refractivity contribution is 5.93. The van der Waals surface area contributed by atoms with Crippen LogP contribution in [0, 0.1) is 0 Å². The smallest absolute Gasteiger partial charge is 0.254 e. The molecule has 1 saturated carbocycles. The summed E-state index contributed by atoms with van der Waals surface area (Å²) in [6.45, 7) is 0. The van der Waals surface area contributed by atoms with E-state index in [0.717, 1.165) is 18.5 Å². The largest absolute Gasteiger partial charge is 0.495 e. The van der Waals surface area contributed by atoms with Crippen molar-refractivity contribution in [3.05, 3.63) is 42.2 Å². The van der Waals surface area contributed by atoms with Crippen LogP contribution in [0.4, 0.5) is 11.6 Å². The molecule has 6 heteroatoms. The zero-order valence-electron chi connectivity index (χ0n) is 13.8. The molecule has 0 saturated heterocycles. The van der Waals surface area contributed by atoms with Crippen LogP contribution in [0.15, 0.2) is 36.7 Å². The number of nitrogens with zero attached hydrogens (tertiary/aromatic N) is 2. The molecule has 0 spiro atoms. The molecule has 1 aromatic carbocycles. The van der Waals surface area contributed by atoms with Gasteiger partial charge in [-0.3, -0.25) is 4.79 Å². The number of carbonyl (C=O) groups is 1. The van der Waals surface area contributed by atoms with Crippen LogP contribution in [0.3, 0.4) is 0 Å². The third kappa shape index (κ3) is 4.01. The maximum atomic E-state index is 12.3. The van der Waals surface area contributed by atoms with Crippen molar-refractivity contribution in [2.24, 2.45) is 0 Å². The number of anilines is 2. The molecule has 2 aromatic rings. The van der Waals surface area contributed by atoms with Crippen LogP contribution in [-0.4, -0.2) is 29.0 Å². The second-order valence-electron chi connectivity index (χ2n) is 5.93. The number of hydrogen-bond donors (Lipinski definition) is 2. The number of hydrogen-bond acceptors (Lipinski definition) is 5. The number of nitrogens with one attached hydrogen (secondary N) is 2. The summed E-state index contributed by atoms with van der Waals surface area (Å²) in [5, 5.41) is 6.16. The van der Waals surface area contributed by atoms with Crippen molar-refractivity contribution in [2.45, 2.75) is 38.1 Å². The molecule has 2 N–H and O–H groups in total. The van der Waals surface area contributed by atoms with Crippen molar-refractivity contribution >= 4 is 17.5 Å². The van der Waals surface area contributed by atoms with Crippen LogP contribution in [0.1, 0.15) is 42.5 Å². The first-order chi connectivity index (χ1) is 11.8. The second kappa shape index (κ2) is 7.77. The Balaban J connectivity index is 1.63. The Morgan fingerprint density at radius 1 is 1.12 bits per heavy atom. The Hall–Kier alpha value is -2.63. The molecule has 24 heavy (non-hydrogen) atoms. The lowest BCUT2D eigenvalue weighted by atomic mass is 9.95. The summed E-state index contributed by atoms with van der Waals surface area (Å²) < 4.78 is 5.28. The summed E-state index contributed by atoms with van der Waals surface area (Å²) in [6, 6.07) is 7.80. The Morgan fingerprint density at radius 2 is 1.83 bits per heavy atom. The minimum atomic E-state index is -0.106. The first-order valence-corrected chi connectivity index (χ1v) is 8.29. The van der Waals surface area contributed by atoms with Gasteiger partial charge in [-0.05, 0) is 25.0 Å². The van der Waals surface area contributed by atoms with Crippen LogP contribution >= 0.6 is 0 Å². The molecule has 1 aromatic heterocycles. The Morgan fingerprint density at radius 3 is 2.54 bits per heavy atom. The number of ether oxygens (including phenoxy) is 1. The fraction of sp³-hybridized carbons (Fsp3) is 0.389. The molecular weight excluding hydrogens is 304 g/mol. The summed E-state index contributed by atoms with van der Waals surface area (Å²) in [5.74, 6) is 1.03. The van der Waals surface area contributed by atoms with E-state index >= 15 is 0 Å². The third-order valence-electron chi connectivity index (χ3n) is 4.21. The van der Waals surface area contributed by atoms with Gasteiger partial charge in [-0.1, -0.05) is 31.4 Å². The van der Waals surface area contributed by atoms with E-state index in [2.05, 4.69) is 20.6 Å². The highest BCUT2D eigenvalue weighted by Gasteiger charge is 2.17. The highest BCUT2D eigenvalue weighted by Crippen LogP contribution is 2.25. The molecule has 0 aliphatic heterocycles. The zero-order valence-corrected chi connectivity index (χ0v) is 13.8. The van der Waals surface area contributed by atoms with Crippen molar-refractivity contribution in [2.75, 3.05) is 12.4 Å². The quantitative estimate of drug-likeness (QED) is 0.882. The van der Waals surface area contributed by atoms with Gasteiger partial charge >= 0.3 is 0 Å². The Bertz CT molecular complexity index is 682. The summed E-state index contributed by atoms with van der Waals surface area (Å²) >= 11 is 0. The lowest BCUT2D eigenvalue weighted by Crippen LogP contribution is -2.36. The molecule has 0 bridgehead atoms. The minimum Gasteiger partial charge on any atom is -0.495 e. The van der Waals surface area contributed by atoms with Gasteiger partial charge in [0.25, 0.3) is 5.91 Å². The molecule has 0 radical (unpaired) electrons. The van der Waals surface area contributed by atoms with Gasteiger partial charge in [0.15, 0.2) is 0 Å². The summed E-state index contributed by atoms with van der Waals surface area (Å²) in [7, 11) is 1.61. The van der Waals surface area contributed by atoms with E-state index in [1.165, 1.54) is 19.3 Å². The molecular formula is C18H22N4O2. The Kier molecular flexibility index (Phi) is 5.25. The average molecular weight is 326 g/mol. The first kappa shape index (κ1) is 16.2. The minimum absolute atomic E-state index is 0.106. The molecule has 0 unspecified atom stereocenters. The number of para-hydroxylation sites is 2. The first-order valence-electron chi connectivity index (χ1n) is 8.29. The normalized spacial score (nSPS) is 14.9. The van der Waals surface area contributed by atoms with Gasteiger partial charge in [-0.15, -0.1) is 0 Å². The van der Waals surface area contributed by atoms with Gasteiger partial charge in [-0.25, -0.2) is 9.97 Å². The SMILES string of the molecule is COc1ccccc1Nc1ncc(C(=O)NC2CCCCC2)cn1. The van der Waals surface area contributed by atoms with Crippen molar-refractivity contribution in [3.63, 3.8) is 0 Å².